The van der Waals surface area contributed by atoms with E-state index < -0.39 is 29.1 Å². The Labute approximate surface area is 188 Å². The van der Waals surface area contributed by atoms with Gasteiger partial charge in [0, 0.05) is 32.7 Å². The minimum absolute atomic E-state index is 0.274. The molecule has 13 heteroatoms. The Morgan fingerprint density at radius 2 is 1.55 bits per heavy atom. The van der Waals surface area contributed by atoms with Gasteiger partial charge in [0.15, 0.2) is 0 Å². The summed E-state index contributed by atoms with van der Waals surface area (Å²) in [5, 5.41) is 5.51. The van der Waals surface area contributed by atoms with Gasteiger partial charge in [0.05, 0.1) is 10.5 Å². The Kier molecular flexibility index (Phi) is 9.68. The van der Waals surface area contributed by atoms with E-state index >= 15 is 0 Å². The molecule has 0 radical (unpaired) electrons. The summed E-state index contributed by atoms with van der Waals surface area (Å²) in [7, 11) is -1.38. The van der Waals surface area contributed by atoms with Gasteiger partial charge in [0.25, 0.3) is 0 Å². The van der Waals surface area contributed by atoms with Gasteiger partial charge in [-0.3, -0.25) is 4.79 Å². The number of carbonyl (C=O) groups is 1. The number of hydrogen-bond donors (Lipinski definition) is 2. The van der Waals surface area contributed by atoms with Crippen molar-refractivity contribution >= 4 is 17.4 Å². The van der Waals surface area contributed by atoms with Crippen molar-refractivity contribution in [1.82, 2.24) is 14.9 Å². The maximum absolute atomic E-state index is 12.4. The first-order chi connectivity index (χ1) is 15.5. The van der Waals surface area contributed by atoms with Gasteiger partial charge in [-0.2, -0.15) is 13.2 Å². The highest BCUT2D eigenvalue weighted by Crippen LogP contribution is 2.29. The van der Waals surface area contributed by atoms with E-state index in [0.717, 1.165) is 25.2 Å². The SMILES string of the molecule is O=CNCc1ccc(OC(F)(F)F)cc1.O=S(c1ccc(C(F)(F)F)cc1)N1CCNCC1. The monoisotopic (exact) mass is 497 g/mol. The average Bonchev–Trinajstić information content (AvgIpc) is 2.78. The highest BCUT2D eigenvalue weighted by Gasteiger charge is 2.31. The number of piperazine rings is 1. The maximum Gasteiger partial charge on any atom is 0.573 e. The fourth-order valence-corrected chi connectivity index (χ4v) is 3.87. The third-order valence-electron chi connectivity index (χ3n) is 4.24. The molecule has 2 aromatic carbocycles. The molecule has 2 aromatic rings. The number of benzene rings is 2. The molecule has 182 valence electrons. The van der Waals surface area contributed by atoms with Crippen LogP contribution in [0.4, 0.5) is 26.3 Å². The molecule has 1 unspecified atom stereocenters. The Balaban J connectivity index is 0.000000238. The van der Waals surface area contributed by atoms with Crippen molar-refractivity contribution in [2.75, 3.05) is 26.2 Å². The van der Waals surface area contributed by atoms with E-state index in [9.17, 15) is 35.3 Å². The summed E-state index contributed by atoms with van der Waals surface area (Å²) in [6.45, 7) is 3.02. The second kappa shape index (κ2) is 12.0. The quantitative estimate of drug-likeness (QED) is 0.474. The predicted octanol–water partition coefficient (Wildman–Crippen LogP) is 3.46. The molecule has 1 atom stereocenters. The lowest BCUT2D eigenvalue weighted by molar-refractivity contribution is -0.274. The molecular formula is C20H21F6N3O3S. The van der Waals surface area contributed by atoms with Crippen LogP contribution < -0.4 is 15.4 Å². The molecule has 0 spiro atoms. The second-order valence-electron chi connectivity index (χ2n) is 6.64. The number of rotatable bonds is 6. The molecule has 1 amide bonds. The van der Waals surface area contributed by atoms with Gasteiger partial charge in [-0.15, -0.1) is 13.2 Å². The number of nitrogens with one attached hydrogen (secondary N) is 2. The molecule has 0 aromatic heterocycles. The Hall–Kier alpha value is -2.64. The van der Waals surface area contributed by atoms with E-state index in [0.29, 0.717) is 30.0 Å². The smallest absolute Gasteiger partial charge is 0.406 e. The van der Waals surface area contributed by atoms with Crippen LogP contribution in [0.1, 0.15) is 11.1 Å². The number of nitrogens with zero attached hydrogens (tertiary/aromatic N) is 1. The van der Waals surface area contributed by atoms with E-state index in [2.05, 4.69) is 15.4 Å². The highest BCUT2D eigenvalue weighted by molar-refractivity contribution is 7.82. The normalized spacial score (nSPS) is 15.7. The van der Waals surface area contributed by atoms with Crippen LogP contribution in [0.5, 0.6) is 5.75 Å². The largest absolute Gasteiger partial charge is 0.573 e. The lowest BCUT2D eigenvalue weighted by Crippen LogP contribution is -2.44. The molecule has 3 rings (SSSR count). The molecule has 2 N–H and O–H groups in total. The number of amides is 1. The molecule has 6 nitrogen and oxygen atoms in total. The fraction of sp³-hybridized carbons (Fsp3) is 0.350. The van der Waals surface area contributed by atoms with Crippen LogP contribution in [0.2, 0.25) is 0 Å². The Bertz CT molecular complexity index is 899. The number of carbonyl (C=O) groups excluding carboxylic acids is 1. The maximum atomic E-state index is 12.4. The summed E-state index contributed by atoms with van der Waals surface area (Å²) in [5.41, 5.74) is -0.0276. The van der Waals surface area contributed by atoms with Crippen LogP contribution in [-0.2, 0) is 28.5 Å². The van der Waals surface area contributed by atoms with E-state index in [1.807, 2.05) is 0 Å². The van der Waals surface area contributed by atoms with Gasteiger partial charge < -0.3 is 15.4 Å². The van der Waals surface area contributed by atoms with Crippen molar-refractivity contribution in [2.24, 2.45) is 0 Å². The van der Waals surface area contributed by atoms with Crippen LogP contribution in [0.15, 0.2) is 53.4 Å². The predicted molar refractivity (Wildman–Crippen MR) is 108 cm³/mol. The van der Waals surface area contributed by atoms with Gasteiger partial charge in [-0.25, -0.2) is 8.51 Å². The summed E-state index contributed by atoms with van der Waals surface area (Å²) >= 11 is 0. The lowest BCUT2D eigenvalue weighted by Gasteiger charge is -2.25. The van der Waals surface area contributed by atoms with Crippen LogP contribution in [0.25, 0.3) is 0 Å². The van der Waals surface area contributed by atoms with E-state index in [4.69, 9.17) is 0 Å². The Morgan fingerprint density at radius 3 is 2.03 bits per heavy atom. The average molecular weight is 497 g/mol. The molecule has 1 aliphatic heterocycles. The molecule has 0 saturated carbocycles. The molecule has 33 heavy (non-hydrogen) atoms. The summed E-state index contributed by atoms with van der Waals surface area (Å²) in [6.07, 6.45) is -8.52. The molecule has 0 aliphatic carbocycles. The standard InChI is InChI=1S/C11H13F3N2OS.C9H8F3NO2/c12-11(13,14)9-1-3-10(4-2-9)18(17)16-7-5-15-6-8-16;10-9(11,12)15-8-3-1-7(2-4-8)5-13-6-14/h1-4,15H,5-8H2;1-4,6H,5H2,(H,13,14). The van der Waals surface area contributed by atoms with Crippen molar-refractivity contribution in [2.45, 2.75) is 24.0 Å². The van der Waals surface area contributed by atoms with Crippen molar-refractivity contribution in [3.05, 3.63) is 59.7 Å². The number of hydrogen-bond acceptors (Lipinski definition) is 4. The fourth-order valence-electron chi connectivity index (χ4n) is 2.69. The number of halogens is 6. The third kappa shape index (κ3) is 9.40. The molecule has 1 heterocycles. The van der Waals surface area contributed by atoms with Gasteiger partial charge >= 0.3 is 12.5 Å². The molecule has 1 aliphatic rings. The molecule has 1 fully saturated rings. The third-order valence-corrected chi connectivity index (χ3v) is 5.75. The summed E-state index contributed by atoms with van der Waals surface area (Å²) in [6, 6.07) is 9.76. The molecular weight excluding hydrogens is 476 g/mol. The second-order valence-corrected chi connectivity index (χ2v) is 8.13. The van der Waals surface area contributed by atoms with Crippen LogP contribution in [-0.4, -0.2) is 47.5 Å². The highest BCUT2D eigenvalue weighted by atomic mass is 32.2. The van der Waals surface area contributed by atoms with Crippen LogP contribution in [0, 0.1) is 0 Å². The van der Waals surface area contributed by atoms with Crippen molar-refractivity contribution in [1.29, 1.82) is 0 Å². The van der Waals surface area contributed by atoms with Gasteiger partial charge in [0.2, 0.25) is 6.41 Å². The minimum atomic E-state index is -4.68. The van der Waals surface area contributed by atoms with Gasteiger partial charge in [0.1, 0.15) is 16.7 Å². The first-order valence-corrected chi connectivity index (χ1v) is 10.7. The van der Waals surface area contributed by atoms with Crippen molar-refractivity contribution < 1.29 is 40.1 Å². The summed E-state index contributed by atoms with van der Waals surface area (Å²) in [4.78, 5) is 10.4. The van der Waals surface area contributed by atoms with Crippen LogP contribution >= 0.6 is 0 Å². The summed E-state index contributed by atoms with van der Waals surface area (Å²) in [5.74, 6) is -0.280. The lowest BCUT2D eigenvalue weighted by atomic mass is 10.2. The van der Waals surface area contributed by atoms with Crippen molar-refractivity contribution in [3.63, 3.8) is 0 Å². The number of ether oxygens (including phenoxy) is 1. The van der Waals surface area contributed by atoms with E-state index in [-0.39, 0.29) is 12.3 Å². The zero-order valence-electron chi connectivity index (χ0n) is 17.1. The summed E-state index contributed by atoms with van der Waals surface area (Å²) < 4.78 is 89.9. The van der Waals surface area contributed by atoms with Crippen LogP contribution in [0.3, 0.4) is 0 Å². The van der Waals surface area contributed by atoms with Gasteiger partial charge in [-0.05, 0) is 42.0 Å². The molecule has 0 bridgehead atoms. The minimum Gasteiger partial charge on any atom is -0.406 e. The first-order valence-electron chi connectivity index (χ1n) is 9.56. The first kappa shape index (κ1) is 26.6. The molecule has 1 saturated heterocycles. The zero-order chi connectivity index (χ0) is 24.5. The number of alkyl halides is 6. The zero-order valence-corrected chi connectivity index (χ0v) is 17.9. The van der Waals surface area contributed by atoms with E-state index in [1.165, 1.54) is 36.4 Å². The topological polar surface area (TPSA) is 70.7 Å². The van der Waals surface area contributed by atoms with E-state index in [1.54, 1.807) is 4.31 Å². The Morgan fingerprint density at radius 1 is 0.970 bits per heavy atom. The van der Waals surface area contributed by atoms with Gasteiger partial charge in [-0.1, -0.05) is 12.1 Å². The van der Waals surface area contributed by atoms with Crippen molar-refractivity contribution in [3.8, 4) is 5.75 Å².